The fraction of sp³-hybridized carbons (Fsp3) is 0.385. The van der Waals surface area contributed by atoms with Crippen molar-refractivity contribution in [3.05, 3.63) is 47.7 Å². The van der Waals surface area contributed by atoms with E-state index in [0.29, 0.717) is 12.1 Å². The molecule has 0 amide bonds. The molecule has 2 rings (SSSR count). The van der Waals surface area contributed by atoms with Crippen LogP contribution in [0, 0.1) is 0 Å². The van der Waals surface area contributed by atoms with Gasteiger partial charge in [-0.15, -0.1) is 0 Å². The normalized spacial score (nSPS) is 26.5. The van der Waals surface area contributed by atoms with Crippen molar-refractivity contribution in [2.45, 2.75) is 32.9 Å². The predicted octanol–water partition coefficient (Wildman–Crippen LogP) is 3.36. The highest BCUT2D eigenvalue weighted by molar-refractivity contribution is 5.29. The van der Waals surface area contributed by atoms with Gasteiger partial charge in [0, 0.05) is 5.70 Å². The number of nitrogens with zero attached hydrogens (tertiary/aromatic N) is 1. The van der Waals surface area contributed by atoms with Crippen LogP contribution in [0.4, 0.5) is 0 Å². The zero-order chi connectivity index (χ0) is 10.1. The SMILES string of the molecule is C/C=C(/C)N1[C@H](C)[C@H]1c1ccccc1. The zero-order valence-electron chi connectivity index (χ0n) is 9.07. The Morgan fingerprint density at radius 1 is 1.29 bits per heavy atom. The number of benzene rings is 1. The van der Waals surface area contributed by atoms with Crippen molar-refractivity contribution in [1.29, 1.82) is 0 Å². The van der Waals surface area contributed by atoms with E-state index in [4.69, 9.17) is 0 Å². The van der Waals surface area contributed by atoms with Gasteiger partial charge in [-0.2, -0.15) is 0 Å². The summed E-state index contributed by atoms with van der Waals surface area (Å²) < 4.78 is 0. The molecule has 1 heterocycles. The van der Waals surface area contributed by atoms with Crippen LogP contribution < -0.4 is 0 Å². The van der Waals surface area contributed by atoms with E-state index in [1.165, 1.54) is 11.3 Å². The molecule has 1 nitrogen and oxygen atoms in total. The smallest absolute Gasteiger partial charge is 0.0744 e. The first-order chi connectivity index (χ1) is 6.75. The van der Waals surface area contributed by atoms with Crippen LogP contribution in [0.25, 0.3) is 0 Å². The van der Waals surface area contributed by atoms with Crippen LogP contribution in [-0.4, -0.2) is 10.9 Å². The third-order valence-electron chi connectivity index (χ3n) is 3.07. The number of allylic oxidation sites excluding steroid dienone is 2. The molecule has 1 aromatic carbocycles. The first-order valence-electron chi connectivity index (χ1n) is 5.22. The van der Waals surface area contributed by atoms with Gasteiger partial charge < -0.3 is 4.90 Å². The van der Waals surface area contributed by atoms with Crippen molar-refractivity contribution >= 4 is 0 Å². The average molecular weight is 187 g/mol. The van der Waals surface area contributed by atoms with Crippen LogP contribution in [0.1, 0.15) is 32.4 Å². The summed E-state index contributed by atoms with van der Waals surface area (Å²) in [5, 5.41) is 0. The quantitative estimate of drug-likeness (QED) is 0.642. The van der Waals surface area contributed by atoms with Gasteiger partial charge in [0.1, 0.15) is 0 Å². The first-order valence-corrected chi connectivity index (χ1v) is 5.22. The molecular formula is C13H17N. The molecule has 0 saturated carbocycles. The Morgan fingerprint density at radius 2 is 1.93 bits per heavy atom. The Balaban J connectivity index is 2.17. The van der Waals surface area contributed by atoms with Crippen molar-refractivity contribution in [1.82, 2.24) is 4.90 Å². The molecule has 0 N–H and O–H groups in total. The topological polar surface area (TPSA) is 3.01 Å². The molecule has 0 radical (unpaired) electrons. The lowest BCUT2D eigenvalue weighted by atomic mass is 10.1. The van der Waals surface area contributed by atoms with E-state index in [0.717, 1.165) is 0 Å². The number of rotatable bonds is 2. The monoisotopic (exact) mass is 187 g/mol. The van der Waals surface area contributed by atoms with Gasteiger partial charge in [0.05, 0.1) is 12.1 Å². The Kier molecular flexibility index (Phi) is 2.32. The van der Waals surface area contributed by atoms with Crippen molar-refractivity contribution in [3.8, 4) is 0 Å². The van der Waals surface area contributed by atoms with Crippen LogP contribution >= 0.6 is 0 Å². The van der Waals surface area contributed by atoms with E-state index < -0.39 is 0 Å². The average Bonchev–Trinajstić information content (AvgIpc) is 2.90. The van der Waals surface area contributed by atoms with Crippen LogP contribution in [0.2, 0.25) is 0 Å². The second-order valence-corrected chi connectivity index (χ2v) is 3.93. The molecule has 0 spiro atoms. The molecule has 0 bridgehead atoms. The Bertz CT molecular complexity index is 340. The second-order valence-electron chi connectivity index (χ2n) is 3.93. The Labute approximate surface area is 86.1 Å². The molecule has 1 aromatic rings. The van der Waals surface area contributed by atoms with E-state index in [-0.39, 0.29) is 0 Å². The summed E-state index contributed by atoms with van der Waals surface area (Å²) in [4.78, 5) is 2.45. The second kappa shape index (κ2) is 3.49. The van der Waals surface area contributed by atoms with Crippen LogP contribution in [0.5, 0.6) is 0 Å². The molecule has 0 aromatic heterocycles. The van der Waals surface area contributed by atoms with Gasteiger partial charge in [-0.3, -0.25) is 0 Å². The number of hydrogen-bond acceptors (Lipinski definition) is 1. The van der Waals surface area contributed by atoms with Gasteiger partial charge in [0.15, 0.2) is 0 Å². The molecule has 1 saturated heterocycles. The minimum Gasteiger partial charge on any atom is -0.361 e. The largest absolute Gasteiger partial charge is 0.361 e. The molecule has 1 aliphatic rings. The summed E-state index contributed by atoms with van der Waals surface area (Å²) >= 11 is 0. The van der Waals surface area contributed by atoms with Crippen LogP contribution in [0.3, 0.4) is 0 Å². The zero-order valence-corrected chi connectivity index (χ0v) is 9.07. The van der Waals surface area contributed by atoms with Gasteiger partial charge in [-0.05, 0) is 26.3 Å². The lowest BCUT2D eigenvalue weighted by molar-refractivity contribution is 0.604. The van der Waals surface area contributed by atoms with Crippen molar-refractivity contribution < 1.29 is 0 Å². The van der Waals surface area contributed by atoms with Gasteiger partial charge in [-0.25, -0.2) is 0 Å². The van der Waals surface area contributed by atoms with Gasteiger partial charge in [-0.1, -0.05) is 36.4 Å². The van der Waals surface area contributed by atoms with Gasteiger partial charge >= 0.3 is 0 Å². The summed E-state index contributed by atoms with van der Waals surface area (Å²) in [6.07, 6.45) is 2.18. The highest BCUT2D eigenvalue weighted by atomic mass is 15.3. The van der Waals surface area contributed by atoms with Crippen molar-refractivity contribution in [2.24, 2.45) is 0 Å². The maximum Gasteiger partial charge on any atom is 0.0744 e. The van der Waals surface area contributed by atoms with Crippen molar-refractivity contribution in [3.63, 3.8) is 0 Å². The molecule has 0 aliphatic carbocycles. The summed E-state index contributed by atoms with van der Waals surface area (Å²) in [6.45, 7) is 6.56. The lowest BCUT2D eigenvalue weighted by Crippen LogP contribution is -1.95. The highest BCUT2D eigenvalue weighted by Crippen LogP contribution is 2.45. The first kappa shape index (κ1) is 9.32. The third-order valence-corrected chi connectivity index (χ3v) is 3.07. The minimum absolute atomic E-state index is 0.604. The molecular weight excluding hydrogens is 170 g/mol. The van der Waals surface area contributed by atoms with E-state index in [1.807, 2.05) is 0 Å². The van der Waals surface area contributed by atoms with E-state index in [1.54, 1.807) is 0 Å². The maximum atomic E-state index is 2.45. The van der Waals surface area contributed by atoms with Crippen LogP contribution in [-0.2, 0) is 0 Å². The van der Waals surface area contributed by atoms with Crippen molar-refractivity contribution in [2.75, 3.05) is 0 Å². The van der Waals surface area contributed by atoms with E-state index in [9.17, 15) is 0 Å². The van der Waals surface area contributed by atoms with Gasteiger partial charge in [0.25, 0.3) is 0 Å². The molecule has 74 valence electrons. The lowest BCUT2D eigenvalue weighted by Gasteiger charge is -2.04. The van der Waals surface area contributed by atoms with Crippen LogP contribution in [0.15, 0.2) is 42.1 Å². The third kappa shape index (κ3) is 1.43. The summed E-state index contributed by atoms with van der Waals surface area (Å²) in [5.41, 5.74) is 2.81. The highest BCUT2D eigenvalue weighted by Gasteiger charge is 2.44. The standard InChI is InChI=1S/C13H17N/c1-4-10(2)14-11(3)13(14)12-8-6-5-7-9-12/h4-9,11,13H,1-3H3/b10-4-/t11-,13+,14?/m1/s1. The molecule has 0 unspecified atom stereocenters. The predicted molar refractivity (Wildman–Crippen MR) is 59.9 cm³/mol. The molecule has 2 atom stereocenters. The Hall–Kier alpha value is -1.24. The number of hydrogen-bond donors (Lipinski definition) is 0. The maximum absolute atomic E-state index is 2.45. The fourth-order valence-electron chi connectivity index (χ4n) is 2.13. The summed E-state index contributed by atoms with van der Waals surface area (Å²) in [7, 11) is 0. The van der Waals surface area contributed by atoms with E-state index >= 15 is 0 Å². The summed E-state index contributed by atoms with van der Waals surface area (Å²) in [6, 6.07) is 12.0. The Morgan fingerprint density at radius 3 is 2.50 bits per heavy atom. The molecule has 1 fully saturated rings. The van der Waals surface area contributed by atoms with Gasteiger partial charge in [0.2, 0.25) is 0 Å². The molecule has 1 aliphatic heterocycles. The summed E-state index contributed by atoms with van der Waals surface area (Å²) in [5.74, 6) is 0. The van der Waals surface area contributed by atoms with E-state index in [2.05, 4.69) is 62.1 Å². The fourth-order valence-corrected chi connectivity index (χ4v) is 2.13. The molecule has 1 heteroatoms. The molecule has 14 heavy (non-hydrogen) atoms. The minimum atomic E-state index is 0.604.